The second-order valence-corrected chi connectivity index (χ2v) is 5.80. The Bertz CT molecular complexity index is 854. The number of hydrogen-bond acceptors (Lipinski definition) is 4. The van der Waals surface area contributed by atoms with E-state index in [4.69, 9.17) is 4.52 Å². The molecular formula is C18H20N4O2. The van der Waals surface area contributed by atoms with E-state index in [1.807, 2.05) is 38.1 Å². The van der Waals surface area contributed by atoms with Crippen LogP contribution in [0.5, 0.6) is 0 Å². The first-order valence-electron chi connectivity index (χ1n) is 7.89. The summed E-state index contributed by atoms with van der Waals surface area (Å²) in [6.07, 6.45) is 0. The summed E-state index contributed by atoms with van der Waals surface area (Å²) in [6, 6.07) is 13.5. The number of carbonyl (C=O) groups excluding carboxylic acids is 1. The zero-order chi connectivity index (χ0) is 17.1. The fourth-order valence-corrected chi connectivity index (χ4v) is 2.70. The second-order valence-electron chi connectivity index (χ2n) is 5.80. The van der Waals surface area contributed by atoms with Gasteiger partial charge in [-0.05, 0) is 30.2 Å². The molecule has 6 heteroatoms. The van der Waals surface area contributed by atoms with Gasteiger partial charge in [0.15, 0.2) is 5.82 Å². The first-order chi connectivity index (χ1) is 11.5. The number of fused-ring (bicyclic) bond motifs is 1. The highest BCUT2D eigenvalue weighted by molar-refractivity contribution is 5.86. The average molecular weight is 324 g/mol. The molecule has 0 radical (unpaired) electrons. The lowest BCUT2D eigenvalue weighted by atomic mass is 10.00. The van der Waals surface area contributed by atoms with Crippen molar-refractivity contribution in [3.63, 3.8) is 0 Å². The smallest absolute Gasteiger partial charge is 0.315 e. The molecular weight excluding hydrogens is 304 g/mol. The van der Waals surface area contributed by atoms with Crippen LogP contribution in [0.25, 0.3) is 10.8 Å². The van der Waals surface area contributed by atoms with Crippen molar-refractivity contribution in [1.29, 1.82) is 0 Å². The van der Waals surface area contributed by atoms with E-state index < -0.39 is 0 Å². The average Bonchev–Trinajstić information content (AvgIpc) is 3.00. The number of rotatable bonds is 4. The van der Waals surface area contributed by atoms with Crippen molar-refractivity contribution in [2.45, 2.75) is 32.9 Å². The Morgan fingerprint density at radius 3 is 2.50 bits per heavy atom. The highest BCUT2D eigenvalue weighted by atomic mass is 16.5. The van der Waals surface area contributed by atoms with Gasteiger partial charge >= 0.3 is 6.03 Å². The lowest BCUT2D eigenvalue weighted by Gasteiger charge is -2.18. The van der Waals surface area contributed by atoms with Crippen molar-refractivity contribution < 1.29 is 9.32 Å². The Labute approximate surface area is 140 Å². The minimum Gasteiger partial charge on any atom is -0.340 e. The maximum atomic E-state index is 12.2. The molecule has 1 unspecified atom stereocenters. The summed E-state index contributed by atoms with van der Waals surface area (Å²) in [5.74, 6) is 0.934. The standard InChI is InChI=1S/C18H20N4O2/c1-11(15-10-6-8-14-7-4-5-9-16(14)15)19-18(23)20-12(2)17-21-13(3)24-22-17/h4-12H,1-3H3,(H2,19,20,23)/t11-,12?/m1/s1. The molecule has 124 valence electrons. The lowest BCUT2D eigenvalue weighted by molar-refractivity contribution is 0.234. The Hall–Kier alpha value is -2.89. The highest BCUT2D eigenvalue weighted by Gasteiger charge is 2.17. The SMILES string of the molecule is Cc1nc(C(C)NC(=O)N[C@H](C)c2cccc3ccccc23)no1. The first-order valence-corrected chi connectivity index (χ1v) is 7.89. The molecule has 0 aliphatic carbocycles. The molecule has 1 aromatic heterocycles. The van der Waals surface area contributed by atoms with Crippen LogP contribution in [0, 0.1) is 6.92 Å². The number of hydrogen-bond donors (Lipinski definition) is 2. The van der Waals surface area contributed by atoms with Gasteiger partial charge in [-0.15, -0.1) is 0 Å². The van der Waals surface area contributed by atoms with Gasteiger partial charge in [0, 0.05) is 6.92 Å². The number of nitrogens with zero attached hydrogens (tertiary/aromatic N) is 2. The van der Waals surface area contributed by atoms with Crippen molar-refractivity contribution in [2.75, 3.05) is 0 Å². The van der Waals surface area contributed by atoms with Gasteiger partial charge in [0.1, 0.15) is 0 Å². The van der Waals surface area contributed by atoms with E-state index in [9.17, 15) is 4.79 Å². The minimum absolute atomic E-state index is 0.129. The van der Waals surface area contributed by atoms with E-state index in [2.05, 4.69) is 39.0 Å². The molecule has 0 spiro atoms. The quantitative estimate of drug-likeness (QED) is 0.767. The molecule has 24 heavy (non-hydrogen) atoms. The van der Waals surface area contributed by atoms with Crippen LogP contribution in [0.3, 0.4) is 0 Å². The van der Waals surface area contributed by atoms with Gasteiger partial charge in [-0.2, -0.15) is 4.98 Å². The van der Waals surface area contributed by atoms with Crippen LogP contribution in [0.1, 0.15) is 43.2 Å². The molecule has 2 aromatic carbocycles. The number of aryl methyl sites for hydroxylation is 1. The van der Waals surface area contributed by atoms with E-state index in [0.717, 1.165) is 16.3 Å². The third kappa shape index (κ3) is 3.37. The van der Waals surface area contributed by atoms with Crippen molar-refractivity contribution in [3.05, 3.63) is 59.7 Å². The second kappa shape index (κ2) is 6.70. The van der Waals surface area contributed by atoms with Crippen LogP contribution in [0.15, 0.2) is 47.0 Å². The van der Waals surface area contributed by atoms with E-state index in [-0.39, 0.29) is 18.1 Å². The normalized spacial score (nSPS) is 13.5. The summed E-state index contributed by atoms with van der Waals surface area (Å²) in [7, 11) is 0. The number of benzene rings is 2. The van der Waals surface area contributed by atoms with Gasteiger partial charge in [-0.3, -0.25) is 0 Å². The molecule has 0 aliphatic rings. The summed E-state index contributed by atoms with van der Waals surface area (Å²) < 4.78 is 4.93. The zero-order valence-electron chi connectivity index (χ0n) is 13.9. The Kier molecular flexibility index (Phi) is 4.46. The van der Waals surface area contributed by atoms with Crippen LogP contribution in [0.4, 0.5) is 4.79 Å². The first kappa shape index (κ1) is 16.0. The van der Waals surface area contributed by atoms with Crippen LogP contribution in [0.2, 0.25) is 0 Å². The van der Waals surface area contributed by atoms with Gasteiger partial charge < -0.3 is 15.2 Å². The van der Waals surface area contributed by atoms with Gasteiger partial charge in [0.2, 0.25) is 5.89 Å². The number of nitrogens with one attached hydrogen (secondary N) is 2. The monoisotopic (exact) mass is 324 g/mol. The number of urea groups is 1. The Balaban J connectivity index is 1.69. The molecule has 3 rings (SSSR count). The summed E-state index contributed by atoms with van der Waals surface area (Å²) in [6.45, 7) is 5.49. The maximum absolute atomic E-state index is 12.2. The van der Waals surface area contributed by atoms with Gasteiger partial charge in [-0.1, -0.05) is 47.6 Å². The predicted molar refractivity (Wildman–Crippen MR) is 91.5 cm³/mol. The molecule has 0 bridgehead atoms. The fraction of sp³-hybridized carbons (Fsp3) is 0.278. The largest absolute Gasteiger partial charge is 0.340 e. The van der Waals surface area contributed by atoms with Gasteiger partial charge in [-0.25, -0.2) is 4.79 Å². The summed E-state index contributed by atoms with van der Waals surface area (Å²) in [5.41, 5.74) is 1.08. The van der Waals surface area contributed by atoms with E-state index in [1.165, 1.54) is 0 Å². The molecule has 2 atom stereocenters. The van der Waals surface area contributed by atoms with Crippen LogP contribution >= 0.6 is 0 Å². The van der Waals surface area contributed by atoms with Gasteiger partial charge in [0.05, 0.1) is 12.1 Å². The van der Waals surface area contributed by atoms with Crippen molar-refractivity contribution in [2.24, 2.45) is 0 Å². The van der Waals surface area contributed by atoms with E-state index in [0.29, 0.717) is 11.7 Å². The highest BCUT2D eigenvalue weighted by Crippen LogP contribution is 2.24. The molecule has 3 aromatic rings. The molecule has 2 N–H and O–H groups in total. The minimum atomic E-state index is -0.331. The summed E-state index contributed by atoms with van der Waals surface area (Å²) in [5, 5.41) is 11.9. The molecule has 0 aliphatic heterocycles. The van der Waals surface area contributed by atoms with Crippen LogP contribution in [-0.2, 0) is 0 Å². The van der Waals surface area contributed by atoms with Crippen molar-refractivity contribution in [1.82, 2.24) is 20.8 Å². The van der Waals surface area contributed by atoms with Crippen molar-refractivity contribution >= 4 is 16.8 Å². The molecule has 0 saturated heterocycles. The summed E-state index contributed by atoms with van der Waals surface area (Å²) >= 11 is 0. The third-order valence-electron chi connectivity index (χ3n) is 3.92. The van der Waals surface area contributed by atoms with E-state index in [1.54, 1.807) is 6.92 Å². The maximum Gasteiger partial charge on any atom is 0.315 e. The number of aromatic nitrogens is 2. The predicted octanol–water partition coefficient (Wildman–Crippen LogP) is 3.65. The number of carbonyl (C=O) groups is 1. The molecule has 6 nitrogen and oxygen atoms in total. The Morgan fingerprint density at radius 1 is 1.04 bits per heavy atom. The molecule has 1 heterocycles. The molecule has 2 amide bonds. The molecule has 0 saturated carbocycles. The van der Waals surface area contributed by atoms with E-state index >= 15 is 0 Å². The topological polar surface area (TPSA) is 80.0 Å². The summed E-state index contributed by atoms with van der Waals surface area (Å²) in [4.78, 5) is 16.4. The fourth-order valence-electron chi connectivity index (χ4n) is 2.70. The van der Waals surface area contributed by atoms with Crippen molar-refractivity contribution in [3.8, 4) is 0 Å². The van der Waals surface area contributed by atoms with Crippen LogP contribution in [-0.4, -0.2) is 16.2 Å². The van der Waals surface area contributed by atoms with Crippen LogP contribution < -0.4 is 10.6 Å². The Morgan fingerprint density at radius 2 is 1.75 bits per heavy atom. The molecule has 0 fully saturated rings. The third-order valence-corrected chi connectivity index (χ3v) is 3.92. The lowest BCUT2D eigenvalue weighted by Crippen LogP contribution is -2.38. The van der Waals surface area contributed by atoms with Gasteiger partial charge in [0.25, 0.3) is 0 Å². The zero-order valence-corrected chi connectivity index (χ0v) is 13.9. The number of amides is 2.